The molecule has 0 fully saturated rings. The van der Waals surface area contributed by atoms with Crippen molar-refractivity contribution in [3.63, 3.8) is 0 Å². The van der Waals surface area contributed by atoms with E-state index in [1.165, 1.54) is 6.20 Å². The number of pyridine rings is 3. The molecular weight excluding hydrogens is 778 g/mol. The van der Waals surface area contributed by atoms with Crippen molar-refractivity contribution in [1.82, 2.24) is 15.0 Å². The number of aromatic nitrogens is 3. The third kappa shape index (κ3) is 7.82. The fourth-order valence-corrected chi connectivity index (χ4v) is 6.43. The van der Waals surface area contributed by atoms with Crippen molar-refractivity contribution in [2.24, 2.45) is 5.92 Å². The maximum atomic E-state index is 13.9. The molecular formula is C40H36FIrN3OSi-2. The third-order valence-corrected chi connectivity index (χ3v) is 9.17. The predicted molar refractivity (Wildman–Crippen MR) is 189 cm³/mol. The summed E-state index contributed by atoms with van der Waals surface area (Å²) in [6, 6.07) is 23.6. The minimum atomic E-state index is -1.67. The second-order valence-corrected chi connectivity index (χ2v) is 17.1. The van der Waals surface area contributed by atoms with E-state index in [-0.39, 0.29) is 43.0 Å². The standard InChI is InChI=1S/C22H12FN2O.C18H24NSi.Ir/c23-15-9-7-14(8-10-15)19-12-11-17-16-4-3-5-18(20-6-1-2-13-24-20)21(16)26-22(17)25-19;1-14(2)11-16-12-17(15-9-7-6-8-10-15)19-13-18(16)20(3,4)5;/h1-4,6-13H;6-9,12-14H,11H2,1-5H3;/q2*-1;/i1D,7D,8D,9D,10D;11D2;. The first-order valence-electron chi connectivity index (χ1n) is 18.4. The molecule has 4 aromatic heterocycles. The van der Waals surface area contributed by atoms with E-state index in [0.717, 1.165) is 27.4 Å². The van der Waals surface area contributed by atoms with Crippen LogP contribution in [0.5, 0.6) is 0 Å². The van der Waals surface area contributed by atoms with E-state index in [0.29, 0.717) is 28.3 Å². The zero-order valence-electron chi connectivity index (χ0n) is 33.5. The van der Waals surface area contributed by atoms with E-state index >= 15 is 0 Å². The van der Waals surface area contributed by atoms with Gasteiger partial charge in [0.05, 0.1) is 26.2 Å². The number of rotatable bonds is 6. The molecule has 7 heteroatoms. The van der Waals surface area contributed by atoms with Gasteiger partial charge in [0.2, 0.25) is 5.71 Å². The quantitative estimate of drug-likeness (QED) is 0.124. The first-order chi connectivity index (χ1) is 25.0. The summed E-state index contributed by atoms with van der Waals surface area (Å²) in [4.78, 5) is 13.3. The fourth-order valence-electron chi connectivity index (χ4n) is 5.02. The number of halogens is 1. The van der Waals surface area contributed by atoms with E-state index in [9.17, 15) is 4.39 Å². The Morgan fingerprint density at radius 2 is 1.70 bits per heavy atom. The summed E-state index contributed by atoms with van der Waals surface area (Å²) in [7, 11) is -1.67. The molecule has 7 aromatic rings. The minimum absolute atomic E-state index is 0. The van der Waals surface area contributed by atoms with Gasteiger partial charge in [-0.1, -0.05) is 68.2 Å². The average Bonchev–Trinajstić information content (AvgIpc) is 3.51. The van der Waals surface area contributed by atoms with Crippen LogP contribution < -0.4 is 5.19 Å². The van der Waals surface area contributed by atoms with Gasteiger partial charge < -0.3 is 14.4 Å². The van der Waals surface area contributed by atoms with Gasteiger partial charge in [0, 0.05) is 46.2 Å². The van der Waals surface area contributed by atoms with Crippen LogP contribution in [-0.4, -0.2) is 23.0 Å². The Balaban J connectivity index is 0.000000217. The maximum Gasteiger partial charge on any atom is 0.216 e. The molecule has 0 spiro atoms. The van der Waals surface area contributed by atoms with Crippen LogP contribution in [0.1, 0.15) is 29.0 Å². The van der Waals surface area contributed by atoms with Gasteiger partial charge in [-0.3, -0.25) is 0 Å². The van der Waals surface area contributed by atoms with Crippen molar-refractivity contribution in [2.45, 2.75) is 39.9 Å². The summed E-state index contributed by atoms with van der Waals surface area (Å²) >= 11 is 0. The van der Waals surface area contributed by atoms with Gasteiger partial charge in [-0.15, -0.1) is 54.1 Å². The zero-order chi connectivity index (χ0) is 38.4. The van der Waals surface area contributed by atoms with E-state index in [1.54, 1.807) is 30.3 Å². The average molecular weight is 821 g/mol. The molecule has 0 saturated heterocycles. The van der Waals surface area contributed by atoms with Crippen LogP contribution in [0.2, 0.25) is 19.6 Å². The first-order valence-corrected chi connectivity index (χ1v) is 18.4. The Morgan fingerprint density at radius 3 is 2.40 bits per heavy atom. The van der Waals surface area contributed by atoms with E-state index in [1.807, 2.05) is 56.4 Å². The topological polar surface area (TPSA) is 51.8 Å². The maximum absolute atomic E-state index is 13.9. The Hall–Kier alpha value is -4.29. The van der Waals surface area contributed by atoms with Crippen LogP contribution >= 0.6 is 0 Å². The van der Waals surface area contributed by atoms with Crippen LogP contribution in [0.15, 0.2) is 114 Å². The molecule has 4 heterocycles. The molecule has 7 rings (SSSR count). The summed E-state index contributed by atoms with van der Waals surface area (Å²) in [5, 5.41) is 2.53. The smallest absolute Gasteiger partial charge is 0.216 e. The van der Waals surface area contributed by atoms with Crippen LogP contribution in [0.25, 0.3) is 55.8 Å². The van der Waals surface area contributed by atoms with Crippen molar-refractivity contribution >= 4 is 35.3 Å². The van der Waals surface area contributed by atoms with Gasteiger partial charge in [-0.25, -0.2) is 9.37 Å². The van der Waals surface area contributed by atoms with Crippen molar-refractivity contribution < 1.29 is 38.5 Å². The monoisotopic (exact) mass is 821 g/mol. The van der Waals surface area contributed by atoms with Gasteiger partial charge in [0.25, 0.3) is 0 Å². The third-order valence-electron chi connectivity index (χ3n) is 7.15. The van der Waals surface area contributed by atoms with Crippen LogP contribution in [0.3, 0.4) is 0 Å². The predicted octanol–water partition coefficient (Wildman–Crippen LogP) is 9.94. The van der Waals surface area contributed by atoms with Crippen LogP contribution in [0.4, 0.5) is 4.39 Å². The summed E-state index contributed by atoms with van der Waals surface area (Å²) in [5.41, 5.74) is 4.31. The van der Waals surface area contributed by atoms with Crippen LogP contribution in [0, 0.1) is 23.9 Å². The van der Waals surface area contributed by atoms with Gasteiger partial charge >= 0.3 is 0 Å². The number of hydrogen-bond donors (Lipinski definition) is 0. The molecule has 0 saturated carbocycles. The molecule has 3 aromatic carbocycles. The second-order valence-electron chi connectivity index (χ2n) is 12.0. The number of fused-ring (bicyclic) bond motifs is 3. The molecule has 0 amide bonds. The molecule has 0 aliphatic rings. The van der Waals surface area contributed by atoms with Crippen molar-refractivity contribution in [1.29, 1.82) is 0 Å². The van der Waals surface area contributed by atoms with Gasteiger partial charge in [-0.05, 0) is 71.2 Å². The van der Waals surface area contributed by atoms with Gasteiger partial charge in [0.1, 0.15) is 5.82 Å². The number of hydrogen-bond acceptors (Lipinski definition) is 4. The fraction of sp³-hybridized carbons (Fsp3) is 0.175. The van der Waals surface area contributed by atoms with E-state index in [4.69, 9.17) is 14.0 Å². The number of furan rings is 1. The molecule has 47 heavy (non-hydrogen) atoms. The van der Waals surface area contributed by atoms with Gasteiger partial charge in [0.15, 0.2) is 0 Å². The zero-order valence-corrected chi connectivity index (χ0v) is 29.9. The molecule has 0 atom stereocenters. The SMILES string of the molecule is [2H]C([2H])(c1cc(-c2[c-]cccc2)ncc1[Si](C)(C)C)C(C)C.[2H]c1ccnc(-c2[c-]ccc3c2oc2nc(-c4c([2H])c([2H])c(F)c([2H])c4[2H])ccc23)c1.[Ir]. The van der Waals surface area contributed by atoms with Crippen molar-refractivity contribution in [3.8, 4) is 33.8 Å². The molecule has 239 valence electrons. The molecule has 0 bridgehead atoms. The minimum Gasteiger partial charge on any atom is -0.486 e. The molecule has 0 N–H and O–H groups in total. The second kappa shape index (κ2) is 14.6. The Labute approximate surface area is 300 Å². The van der Waals surface area contributed by atoms with Crippen molar-refractivity contribution in [3.05, 3.63) is 133 Å². The molecule has 0 aliphatic carbocycles. The Kier molecular flexibility index (Phi) is 8.02. The van der Waals surface area contributed by atoms with E-state index in [2.05, 4.69) is 46.7 Å². The molecule has 0 aliphatic heterocycles. The van der Waals surface area contributed by atoms with E-state index < -0.39 is 44.4 Å². The van der Waals surface area contributed by atoms with Gasteiger partial charge in [-0.2, -0.15) is 0 Å². The molecule has 4 nitrogen and oxygen atoms in total. The Bertz CT molecular complexity index is 2460. The molecule has 0 unspecified atom stereocenters. The summed E-state index contributed by atoms with van der Waals surface area (Å²) < 4.78 is 76.4. The van der Waals surface area contributed by atoms with Crippen molar-refractivity contribution in [2.75, 3.05) is 0 Å². The number of benzene rings is 3. The summed E-state index contributed by atoms with van der Waals surface area (Å²) in [6.45, 7) is 10.6. The first kappa shape index (κ1) is 25.8. The normalized spacial score (nSPS) is 13.7. The largest absolute Gasteiger partial charge is 0.486 e. The number of nitrogens with zero attached hydrogens (tertiary/aromatic N) is 3. The Morgan fingerprint density at radius 1 is 0.894 bits per heavy atom. The van der Waals surface area contributed by atoms with Crippen LogP contribution in [-0.2, 0) is 26.5 Å². The summed E-state index contributed by atoms with van der Waals surface area (Å²) in [6.07, 6.45) is 2.06. The molecule has 1 radical (unpaired) electrons. The summed E-state index contributed by atoms with van der Waals surface area (Å²) in [5.74, 6) is -1.29.